The number of ketones is 1. The SMILES string of the molecule is CC(=O)c1ccc(C(=O)Nc2ccc(S(=O)(=O)NC(C)C)cc2)s1. The Bertz CT molecular complexity index is 852. The molecule has 24 heavy (non-hydrogen) atoms. The Hall–Kier alpha value is -2.03. The fraction of sp³-hybridized carbons (Fsp3) is 0.250. The highest BCUT2D eigenvalue weighted by atomic mass is 32.2. The van der Waals surface area contributed by atoms with Gasteiger partial charge in [0.25, 0.3) is 5.91 Å². The zero-order valence-electron chi connectivity index (χ0n) is 13.5. The normalized spacial score (nSPS) is 11.5. The molecule has 1 aromatic heterocycles. The van der Waals surface area contributed by atoms with Crippen molar-refractivity contribution in [3.05, 3.63) is 46.2 Å². The van der Waals surface area contributed by atoms with E-state index in [9.17, 15) is 18.0 Å². The molecule has 2 rings (SSSR count). The number of Topliss-reactive ketones (excluding diaryl/α,β-unsaturated/α-hetero) is 1. The van der Waals surface area contributed by atoms with Crippen LogP contribution in [0.5, 0.6) is 0 Å². The number of carbonyl (C=O) groups is 2. The Morgan fingerprint density at radius 2 is 1.58 bits per heavy atom. The van der Waals surface area contributed by atoms with Crippen molar-refractivity contribution in [2.75, 3.05) is 5.32 Å². The first kappa shape index (κ1) is 18.3. The summed E-state index contributed by atoms with van der Waals surface area (Å²) < 4.78 is 26.6. The number of hydrogen-bond donors (Lipinski definition) is 2. The van der Waals surface area contributed by atoms with Gasteiger partial charge in [0, 0.05) is 11.7 Å². The van der Waals surface area contributed by atoms with Crippen molar-refractivity contribution in [3.8, 4) is 0 Å². The molecule has 0 fully saturated rings. The lowest BCUT2D eigenvalue weighted by molar-refractivity contribution is 0.101. The molecule has 6 nitrogen and oxygen atoms in total. The summed E-state index contributed by atoms with van der Waals surface area (Å²) in [6, 6.07) is 8.88. The van der Waals surface area contributed by atoms with E-state index in [1.807, 2.05) is 0 Å². The largest absolute Gasteiger partial charge is 0.321 e. The van der Waals surface area contributed by atoms with Crippen LogP contribution in [0.4, 0.5) is 5.69 Å². The number of amides is 1. The number of carbonyl (C=O) groups excluding carboxylic acids is 2. The molecule has 2 N–H and O–H groups in total. The minimum Gasteiger partial charge on any atom is -0.321 e. The van der Waals surface area contributed by atoms with E-state index < -0.39 is 10.0 Å². The molecule has 2 aromatic rings. The maximum Gasteiger partial charge on any atom is 0.265 e. The summed E-state index contributed by atoms with van der Waals surface area (Å²) in [6.07, 6.45) is 0. The van der Waals surface area contributed by atoms with Crippen molar-refractivity contribution in [1.82, 2.24) is 4.72 Å². The predicted octanol–water partition coefficient (Wildman–Crippen LogP) is 2.89. The second-order valence-corrected chi connectivity index (χ2v) is 8.27. The van der Waals surface area contributed by atoms with Gasteiger partial charge < -0.3 is 5.32 Å². The number of nitrogens with one attached hydrogen (secondary N) is 2. The van der Waals surface area contributed by atoms with Gasteiger partial charge in [-0.2, -0.15) is 0 Å². The standard InChI is InChI=1S/C16H18N2O4S2/c1-10(2)18-24(21,22)13-6-4-12(5-7-13)17-16(20)15-9-8-14(23-15)11(3)19/h4-10,18H,1-3H3,(H,17,20). The van der Waals surface area contributed by atoms with E-state index in [2.05, 4.69) is 10.0 Å². The molecule has 1 aromatic carbocycles. The zero-order chi connectivity index (χ0) is 17.9. The maximum atomic E-state index is 12.1. The Balaban J connectivity index is 2.11. The molecule has 0 radical (unpaired) electrons. The molecule has 0 unspecified atom stereocenters. The Labute approximate surface area is 145 Å². The molecule has 0 saturated carbocycles. The third kappa shape index (κ3) is 4.50. The number of anilines is 1. The molecule has 1 amide bonds. The molecule has 0 aliphatic rings. The van der Waals surface area contributed by atoms with Crippen LogP contribution in [-0.2, 0) is 10.0 Å². The van der Waals surface area contributed by atoms with Gasteiger partial charge >= 0.3 is 0 Å². The molecular weight excluding hydrogens is 348 g/mol. The van der Waals surface area contributed by atoms with Crippen LogP contribution in [0.25, 0.3) is 0 Å². The fourth-order valence-corrected chi connectivity index (χ4v) is 3.99. The van der Waals surface area contributed by atoms with Crippen LogP contribution < -0.4 is 10.0 Å². The van der Waals surface area contributed by atoms with Gasteiger partial charge in [-0.05, 0) is 57.2 Å². The molecule has 0 bridgehead atoms. The van der Waals surface area contributed by atoms with Crippen molar-refractivity contribution in [2.45, 2.75) is 31.7 Å². The van der Waals surface area contributed by atoms with Crippen LogP contribution in [0.15, 0.2) is 41.3 Å². The molecule has 1 heterocycles. The van der Waals surface area contributed by atoms with Gasteiger partial charge in [0.2, 0.25) is 10.0 Å². The summed E-state index contributed by atoms with van der Waals surface area (Å²) in [5.41, 5.74) is 0.473. The maximum absolute atomic E-state index is 12.1. The third-order valence-corrected chi connectivity index (χ3v) is 5.85. The number of sulfonamides is 1. The monoisotopic (exact) mass is 366 g/mol. The summed E-state index contributed by atoms with van der Waals surface area (Å²) in [7, 11) is -3.56. The van der Waals surface area contributed by atoms with E-state index in [4.69, 9.17) is 0 Å². The molecule has 0 spiro atoms. The summed E-state index contributed by atoms with van der Waals surface area (Å²) in [5, 5.41) is 2.67. The lowest BCUT2D eigenvalue weighted by Crippen LogP contribution is -2.30. The molecule has 8 heteroatoms. The summed E-state index contributed by atoms with van der Waals surface area (Å²) in [6.45, 7) is 4.92. The van der Waals surface area contributed by atoms with Crippen LogP contribution in [0.1, 0.15) is 40.1 Å². The van der Waals surface area contributed by atoms with Crippen LogP contribution in [-0.4, -0.2) is 26.2 Å². The highest BCUT2D eigenvalue weighted by Crippen LogP contribution is 2.20. The van der Waals surface area contributed by atoms with Crippen LogP contribution in [0.3, 0.4) is 0 Å². The molecule has 0 saturated heterocycles. The van der Waals surface area contributed by atoms with Gasteiger partial charge in [-0.25, -0.2) is 13.1 Å². The van der Waals surface area contributed by atoms with Crippen molar-refractivity contribution in [2.24, 2.45) is 0 Å². The van der Waals surface area contributed by atoms with Gasteiger partial charge in [0.1, 0.15) is 0 Å². The minimum atomic E-state index is -3.56. The average Bonchev–Trinajstić information content (AvgIpc) is 2.96. The van der Waals surface area contributed by atoms with Gasteiger partial charge in [-0.15, -0.1) is 11.3 Å². The average molecular weight is 366 g/mol. The van der Waals surface area contributed by atoms with Crippen LogP contribution in [0, 0.1) is 0 Å². The van der Waals surface area contributed by atoms with Crippen LogP contribution in [0.2, 0.25) is 0 Å². The van der Waals surface area contributed by atoms with E-state index in [1.54, 1.807) is 26.0 Å². The zero-order valence-corrected chi connectivity index (χ0v) is 15.1. The topological polar surface area (TPSA) is 92.3 Å². The highest BCUT2D eigenvalue weighted by Gasteiger charge is 2.16. The minimum absolute atomic E-state index is 0.0914. The van der Waals surface area contributed by atoms with Gasteiger partial charge in [-0.3, -0.25) is 9.59 Å². The molecular formula is C16H18N2O4S2. The van der Waals surface area contributed by atoms with E-state index >= 15 is 0 Å². The van der Waals surface area contributed by atoms with Crippen molar-refractivity contribution < 1.29 is 18.0 Å². The lowest BCUT2D eigenvalue weighted by Gasteiger charge is -2.10. The van der Waals surface area contributed by atoms with E-state index in [-0.39, 0.29) is 22.6 Å². The van der Waals surface area contributed by atoms with E-state index in [0.29, 0.717) is 15.4 Å². The molecule has 0 atom stereocenters. The predicted molar refractivity (Wildman–Crippen MR) is 94.2 cm³/mol. The lowest BCUT2D eigenvalue weighted by atomic mass is 10.3. The number of hydrogen-bond acceptors (Lipinski definition) is 5. The van der Waals surface area contributed by atoms with E-state index in [1.165, 1.54) is 31.2 Å². The van der Waals surface area contributed by atoms with Crippen molar-refractivity contribution in [1.29, 1.82) is 0 Å². The molecule has 128 valence electrons. The Morgan fingerprint density at radius 1 is 1.00 bits per heavy atom. The smallest absolute Gasteiger partial charge is 0.265 e. The third-order valence-electron chi connectivity index (χ3n) is 2.99. The Morgan fingerprint density at radius 3 is 2.08 bits per heavy atom. The molecule has 0 aliphatic heterocycles. The highest BCUT2D eigenvalue weighted by molar-refractivity contribution is 7.89. The van der Waals surface area contributed by atoms with Gasteiger partial charge in [-0.1, -0.05) is 0 Å². The van der Waals surface area contributed by atoms with Gasteiger partial charge in [0.05, 0.1) is 14.6 Å². The van der Waals surface area contributed by atoms with Crippen molar-refractivity contribution in [3.63, 3.8) is 0 Å². The summed E-state index contributed by atoms with van der Waals surface area (Å²) in [4.78, 5) is 24.5. The first-order valence-corrected chi connectivity index (χ1v) is 9.53. The second kappa shape index (κ2) is 7.25. The quantitative estimate of drug-likeness (QED) is 0.769. The van der Waals surface area contributed by atoms with Crippen molar-refractivity contribution >= 4 is 38.7 Å². The van der Waals surface area contributed by atoms with Crippen LogP contribution >= 0.6 is 11.3 Å². The summed E-state index contributed by atoms with van der Waals surface area (Å²) in [5.74, 6) is -0.435. The number of rotatable bonds is 6. The second-order valence-electron chi connectivity index (χ2n) is 5.47. The first-order chi connectivity index (χ1) is 11.2. The number of thiophene rings is 1. The summed E-state index contributed by atoms with van der Waals surface area (Å²) >= 11 is 1.12. The first-order valence-electron chi connectivity index (χ1n) is 7.23. The number of benzene rings is 1. The van der Waals surface area contributed by atoms with Gasteiger partial charge in [0.15, 0.2) is 5.78 Å². The molecule has 0 aliphatic carbocycles. The van der Waals surface area contributed by atoms with E-state index in [0.717, 1.165) is 11.3 Å². The fourth-order valence-electron chi connectivity index (χ4n) is 1.94. The Kier molecular flexibility index (Phi) is 5.53.